The number of methoxy groups -OCH3 is 1. The lowest BCUT2D eigenvalue weighted by Crippen LogP contribution is -2.17. The third kappa shape index (κ3) is 6.69. The van der Waals surface area contributed by atoms with Crippen LogP contribution in [0.5, 0.6) is 5.75 Å². The highest BCUT2D eigenvalue weighted by Gasteiger charge is 2.18. The topological polar surface area (TPSA) is 131 Å². The summed E-state index contributed by atoms with van der Waals surface area (Å²) < 4.78 is 9.86. The van der Waals surface area contributed by atoms with Gasteiger partial charge >= 0.3 is 12.1 Å². The smallest absolute Gasteiger partial charge is 0.412 e. The SMILES string of the molecule is CCCC(=O)Oc1cc(/N=N/c2ccccc2)c(NC(C)=O)nc1NC(=O)OC. The van der Waals surface area contributed by atoms with Crippen LogP contribution < -0.4 is 15.4 Å². The maximum atomic E-state index is 12.0. The van der Waals surface area contributed by atoms with Crippen molar-refractivity contribution in [3.8, 4) is 5.75 Å². The normalized spacial score (nSPS) is 10.4. The third-order valence-corrected chi connectivity index (χ3v) is 3.38. The van der Waals surface area contributed by atoms with Crippen LogP contribution in [0.1, 0.15) is 26.7 Å². The first kappa shape index (κ1) is 21.5. The van der Waals surface area contributed by atoms with E-state index in [0.717, 1.165) is 0 Å². The van der Waals surface area contributed by atoms with Gasteiger partial charge in [0, 0.05) is 19.4 Å². The van der Waals surface area contributed by atoms with E-state index < -0.39 is 18.0 Å². The van der Waals surface area contributed by atoms with Crippen LogP contribution in [-0.4, -0.2) is 30.1 Å². The van der Waals surface area contributed by atoms with Gasteiger partial charge in [0.1, 0.15) is 5.69 Å². The minimum atomic E-state index is -0.822. The molecule has 0 spiro atoms. The lowest BCUT2D eigenvalue weighted by molar-refractivity contribution is -0.134. The molecule has 0 atom stereocenters. The van der Waals surface area contributed by atoms with E-state index >= 15 is 0 Å². The van der Waals surface area contributed by atoms with Crippen molar-refractivity contribution in [2.24, 2.45) is 10.2 Å². The van der Waals surface area contributed by atoms with Crippen molar-refractivity contribution in [2.75, 3.05) is 17.7 Å². The summed E-state index contributed by atoms with van der Waals surface area (Å²) in [7, 11) is 1.18. The summed E-state index contributed by atoms with van der Waals surface area (Å²) in [6.07, 6.45) is -0.0690. The zero-order valence-corrected chi connectivity index (χ0v) is 16.3. The minimum absolute atomic E-state index is 0.0267. The molecule has 0 aliphatic rings. The van der Waals surface area contributed by atoms with Gasteiger partial charge in [0.2, 0.25) is 5.91 Å². The Morgan fingerprint density at radius 3 is 2.41 bits per heavy atom. The average Bonchev–Trinajstić information content (AvgIpc) is 2.69. The predicted octanol–water partition coefficient (Wildman–Crippen LogP) is 4.34. The molecule has 2 amide bonds. The van der Waals surface area contributed by atoms with E-state index in [0.29, 0.717) is 12.1 Å². The molecule has 10 nitrogen and oxygen atoms in total. The molecule has 0 bridgehead atoms. The number of ether oxygens (including phenoxy) is 2. The van der Waals surface area contributed by atoms with E-state index in [1.807, 2.05) is 13.0 Å². The quantitative estimate of drug-likeness (QED) is 0.526. The fraction of sp³-hybridized carbons (Fsp3) is 0.263. The van der Waals surface area contributed by atoms with Gasteiger partial charge in [-0.3, -0.25) is 14.9 Å². The molecule has 29 heavy (non-hydrogen) atoms. The molecule has 0 saturated heterocycles. The molecule has 1 aromatic heterocycles. The fourth-order valence-corrected chi connectivity index (χ4v) is 2.12. The highest BCUT2D eigenvalue weighted by molar-refractivity contribution is 5.93. The number of hydrogen-bond acceptors (Lipinski definition) is 8. The largest absolute Gasteiger partial charge is 0.453 e. The Bertz CT molecular complexity index is 915. The zero-order chi connectivity index (χ0) is 21.2. The van der Waals surface area contributed by atoms with Gasteiger partial charge in [-0.1, -0.05) is 25.1 Å². The van der Waals surface area contributed by atoms with E-state index in [2.05, 4.69) is 30.6 Å². The number of pyridine rings is 1. The maximum Gasteiger partial charge on any atom is 0.412 e. The summed E-state index contributed by atoms with van der Waals surface area (Å²) in [5.41, 5.74) is 0.710. The molecule has 0 radical (unpaired) electrons. The van der Waals surface area contributed by atoms with Crippen molar-refractivity contribution >= 4 is 41.0 Å². The summed E-state index contributed by atoms with van der Waals surface area (Å²) in [5.74, 6) is -1.05. The lowest BCUT2D eigenvalue weighted by atomic mass is 10.3. The van der Waals surface area contributed by atoms with Crippen LogP contribution in [0.2, 0.25) is 0 Å². The monoisotopic (exact) mass is 399 g/mol. The number of nitrogens with one attached hydrogen (secondary N) is 2. The summed E-state index contributed by atoms with van der Waals surface area (Å²) in [6, 6.07) is 10.3. The minimum Gasteiger partial charge on any atom is -0.453 e. The Labute approximate surface area is 167 Å². The number of amides is 2. The summed E-state index contributed by atoms with van der Waals surface area (Å²) >= 11 is 0. The van der Waals surface area contributed by atoms with E-state index in [9.17, 15) is 14.4 Å². The van der Waals surface area contributed by atoms with Gasteiger partial charge < -0.3 is 14.8 Å². The number of nitrogens with zero attached hydrogens (tertiary/aromatic N) is 3. The van der Waals surface area contributed by atoms with Gasteiger partial charge in [-0.05, 0) is 18.6 Å². The van der Waals surface area contributed by atoms with Crippen LogP contribution in [0, 0.1) is 0 Å². The standard InChI is InChI=1S/C19H21N5O5/c1-4-8-16(26)29-15-11-14(24-23-13-9-6-5-7-10-13)17(20-12(2)25)21-18(15)22-19(27)28-3/h5-7,9-11H,4,8H2,1-3H3,(H2,20,21,22,25,27)/b24-23+. The van der Waals surface area contributed by atoms with Gasteiger partial charge in [0.15, 0.2) is 17.4 Å². The van der Waals surface area contributed by atoms with Crippen molar-refractivity contribution < 1.29 is 23.9 Å². The molecule has 0 aliphatic heterocycles. The first-order valence-electron chi connectivity index (χ1n) is 8.78. The summed E-state index contributed by atoms with van der Waals surface area (Å²) in [6.45, 7) is 3.12. The van der Waals surface area contributed by atoms with Gasteiger partial charge in [-0.25, -0.2) is 9.78 Å². The van der Waals surface area contributed by atoms with Crippen molar-refractivity contribution in [3.05, 3.63) is 36.4 Å². The van der Waals surface area contributed by atoms with E-state index in [-0.39, 0.29) is 29.5 Å². The molecule has 1 aromatic carbocycles. The predicted molar refractivity (Wildman–Crippen MR) is 106 cm³/mol. The average molecular weight is 399 g/mol. The second kappa shape index (κ2) is 10.5. The van der Waals surface area contributed by atoms with Crippen LogP contribution >= 0.6 is 0 Å². The number of anilines is 2. The Hall–Kier alpha value is -3.82. The number of aromatic nitrogens is 1. The lowest BCUT2D eigenvalue weighted by Gasteiger charge is -2.13. The van der Waals surface area contributed by atoms with Crippen LogP contribution in [-0.2, 0) is 14.3 Å². The van der Waals surface area contributed by atoms with Crippen LogP contribution in [0.15, 0.2) is 46.6 Å². The van der Waals surface area contributed by atoms with Crippen LogP contribution in [0.4, 0.5) is 27.8 Å². The Morgan fingerprint density at radius 1 is 1.07 bits per heavy atom. The number of carbonyl (C=O) groups is 3. The fourth-order valence-electron chi connectivity index (χ4n) is 2.12. The number of azo groups is 1. The van der Waals surface area contributed by atoms with Crippen LogP contribution in [0.3, 0.4) is 0 Å². The number of rotatable bonds is 7. The number of carbonyl (C=O) groups excluding carboxylic acids is 3. The molecule has 0 saturated carbocycles. The zero-order valence-electron chi connectivity index (χ0n) is 16.3. The molecule has 0 unspecified atom stereocenters. The van der Waals surface area contributed by atoms with Crippen LogP contribution in [0.25, 0.3) is 0 Å². The van der Waals surface area contributed by atoms with Crippen molar-refractivity contribution in [1.29, 1.82) is 0 Å². The second-order valence-electron chi connectivity index (χ2n) is 5.76. The van der Waals surface area contributed by atoms with E-state index in [4.69, 9.17) is 4.74 Å². The van der Waals surface area contributed by atoms with Crippen molar-refractivity contribution in [1.82, 2.24) is 4.98 Å². The van der Waals surface area contributed by atoms with Gasteiger partial charge in [0.05, 0.1) is 12.8 Å². The molecule has 152 valence electrons. The Kier molecular flexibility index (Phi) is 7.78. The number of esters is 1. The third-order valence-electron chi connectivity index (χ3n) is 3.38. The second-order valence-corrected chi connectivity index (χ2v) is 5.76. The molecule has 10 heteroatoms. The number of benzene rings is 1. The molecule has 2 rings (SSSR count). The Morgan fingerprint density at radius 2 is 1.79 bits per heavy atom. The summed E-state index contributed by atoms with van der Waals surface area (Å²) in [4.78, 5) is 39.3. The maximum absolute atomic E-state index is 12.0. The Balaban J connectivity index is 2.50. The molecule has 1 heterocycles. The summed E-state index contributed by atoms with van der Waals surface area (Å²) in [5, 5.41) is 13.0. The molecular weight excluding hydrogens is 378 g/mol. The molecular formula is C19H21N5O5. The molecule has 2 aromatic rings. The number of hydrogen-bond donors (Lipinski definition) is 2. The molecule has 2 N–H and O–H groups in total. The van der Waals surface area contributed by atoms with E-state index in [1.165, 1.54) is 20.1 Å². The highest BCUT2D eigenvalue weighted by atomic mass is 16.5. The van der Waals surface area contributed by atoms with Gasteiger partial charge in [-0.2, -0.15) is 5.11 Å². The first-order valence-corrected chi connectivity index (χ1v) is 8.78. The highest BCUT2D eigenvalue weighted by Crippen LogP contribution is 2.35. The van der Waals surface area contributed by atoms with Crippen molar-refractivity contribution in [3.63, 3.8) is 0 Å². The van der Waals surface area contributed by atoms with Gasteiger partial charge in [-0.15, -0.1) is 5.11 Å². The molecule has 0 fully saturated rings. The van der Waals surface area contributed by atoms with Crippen molar-refractivity contribution in [2.45, 2.75) is 26.7 Å². The first-order chi connectivity index (χ1) is 13.9. The van der Waals surface area contributed by atoms with Gasteiger partial charge in [0.25, 0.3) is 0 Å². The van der Waals surface area contributed by atoms with E-state index in [1.54, 1.807) is 24.3 Å². The molecule has 0 aliphatic carbocycles.